The number of nitrogens with zero attached hydrogens (tertiary/aromatic N) is 1. The van der Waals surface area contributed by atoms with Crippen LogP contribution in [0.5, 0.6) is 5.75 Å². The summed E-state index contributed by atoms with van der Waals surface area (Å²) >= 11 is 0. The fourth-order valence-electron chi connectivity index (χ4n) is 2.56. The van der Waals surface area contributed by atoms with E-state index in [4.69, 9.17) is 10.5 Å². The summed E-state index contributed by atoms with van der Waals surface area (Å²) in [7, 11) is 2.13. The van der Waals surface area contributed by atoms with Crippen molar-refractivity contribution in [3.05, 3.63) is 30.1 Å². The average molecular weight is 266 g/mol. The predicted octanol–water partition coefficient (Wildman–Crippen LogP) is 2.41. The molecule has 0 atom stereocenters. The zero-order valence-electron chi connectivity index (χ0n) is 11.5. The largest absolute Gasteiger partial charge is 0.492 e. The van der Waals surface area contributed by atoms with E-state index >= 15 is 0 Å². The first-order chi connectivity index (χ1) is 9.15. The Morgan fingerprint density at radius 1 is 1.21 bits per heavy atom. The minimum absolute atomic E-state index is 0.233. The lowest BCUT2D eigenvalue weighted by atomic mass is 9.91. The number of rotatable bonds is 5. The van der Waals surface area contributed by atoms with Crippen molar-refractivity contribution in [3.8, 4) is 5.75 Å². The van der Waals surface area contributed by atoms with Gasteiger partial charge in [-0.15, -0.1) is 0 Å². The van der Waals surface area contributed by atoms with E-state index in [1.165, 1.54) is 25.0 Å². The summed E-state index contributed by atoms with van der Waals surface area (Å²) in [6.45, 7) is 1.52. The van der Waals surface area contributed by atoms with Crippen molar-refractivity contribution in [1.29, 1.82) is 0 Å². The van der Waals surface area contributed by atoms with Gasteiger partial charge < -0.3 is 15.4 Å². The number of likely N-dealkylation sites (N-methyl/N-ethyl adjacent to an activating group) is 1. The van der Waals surface area contributed by atoms with Crippen molar-refractivity contribution < 1.29 is 9.13 Å². The molecule has 1 aliphatic rings. The third kappa shape index (κ3) is 4.48. The second kappa shape index (κ2) is 6.87. The lowest BCUT2D eigenvalue weighted by Crippen LogP contribution is -2.40. The molecule has 0 aromatic heterocycles. The smallest absolute Gasteiger partial charge is 0.123 e. The highest BCUT2D eigenvalue weighted by atomic mass is 19.1. The lowest BCUT2D eigenvalue weighted by molar-refractivity contribution is 0.154. The van der Waals surface area contributed by atoms with Gasteiger partial charge in [0, 0.05) is 18.6 Å². The molecular formula is C15H23FN2O. The number of benzene rings is 1. The number of hydrogen-bond acceptors (Lipinski definition) is 3. The van der Waals surface area contributed by atoms with Gasteiger partial charge in [-0.25, -0.2) is 4.39 Å². The number of ether oxygens (including phenoxy) is 1. The molecule has 0 saturated heterocycles. The molecule has 2 N–H and O–H groups in total. The van der Waals surface area contributed by atoms with Gasteiger partial charge >= 0.3 is 0 Å². The van der Waals surface area contributed by atoms with Gasteiger partial charge in [0.2, 0.25) is 0 Å². The normalized spacial score (nSPS) is 23.6. The average Bonchev–Trinajstić information content (AvgIpc) is 2.41. The molecule has 0 aliphatic heterocycles. The Labute approximate surface area is 114 Å². The number of hydrogen-bond donors (Lipinski definition) is 1. The van der Waals surface area contributed by atoms with E-state index in [9.17, 15) is 4.39 Å². The van der Waals surface area contributed by atoms with Gasteiger partial charge in [0.25, 0.3) is 0 Å². The molecule has 0 unspecified atom stereocenters. The number of nitrogens with two attached hydrogens (primary N) is 1. The second-order valence-corrected chi connectivity index (χ2v) is 5.35. The summed E-state index contributed by atoms with van der Waals surface area (Å²) in [6, 6.07) is 7.17. The second-order valence-electron chi connectivity index (χ2n) is 5.35. The Bertz CT molecular complexity index is 374. The van der Waals surface area contributed by atoms with Crippen LogP contribution in [0.25, 0.3) is 0 Å². The van der Waals surface area contributed by atoms with Crippen LogP contribution in [0.15, 0.2) is 24.3 Å². The molecule has 1 saturated carbocycles. The Morgan fingerprint density at radius 3 is 2.47 bits per heavy atom. The lowest BCUT2D eigenvalue weighted by Gasteiger charge is -2.33. The van der Waals surface area contributed by atoms with E-state index in [1.807, 2.05) is 0 Å². The highest BCUT2D eigenvalue weighted by Crippen LogP contribution is 2.21. The molecule has 4 heteroatoms. The molecule has 3 nitrogen and oxygen atoms in total. The monoisotopic (exact) mass is 266 g/mol. The first-order valence-electron chi connectivity index (χ1n) is 6.99. The minimum Gasteiger partial charge on any atom is -0.492 e. The topological polar surface area (TPSA) is 38.5 Å². The zero-order chi connectivity index (χ0) is 13.7. The van der Waals surface area contributed by atoms with Crippen LogP contribution >= 0.6 is 0 Å². The maximum Gasteiger partial charge on any atom is 0.123 e. The van der Waals surface area contributed by atoms with Gasteiger partial charge in [-0.05, 0) is 57.0 Å². The first-order valence-corrected chi connectivity index (χ1v) is 6.99. The summed E-state index contributed by atoms with van der Waals surface area (Å²) in [5, 5.41) is 0. The molecule has 1 aromatic rings. The van der Waals surface area contributed by atoms with Gasteiger partial charge in [0.1, 0.15) is 18.2 Å². The first kappa shape index (κ1) is 14.3. The van der Waals surface area contributed by atoms with Gasteiger partial charge in [-0.2, -0.15) is 0 Å². The SMILES string of the molecule is CN(CCOc1ccc(F)cc1)C1CCC(N)CC1. The van der Waals surface area contributed by atoms with Crippen molar-refractivity contribution in [2.45, 2.75) is 37.8 Å². The van der Waals surface area contributed by atoms with Crippen molar-refractivity contribution in [1.82, 2.24) is 4.90 Å². The quantitative estimate of drug-likeness (QED) is 0.889. The summed E-state index contributed by atoms with van der Waals surface area (Å²) in [5.74, 6) is 0.489. The Kier molecular flexibility index (Phi) is 5.16. The molecule has 1 fully saturated rings. The molecule has 0 bridgehead atoms. The highest BCUT2D eigenvalue weighted by molar-refractivity contribution is 5.21. The van der Waals surface area contributed by atoms with Crippen molar-refractivity contribution in [2.75, 3.05) is 20.2 Å². The van der Waals surface area contributed by atoms with Crippen molar-refractivity contribution in [2.24, 2.45) is 5.73 Å². The molecule has 19 heavy (non-hydrogen) atoms. The molecule has 106 valence electrons. The van der Waals surface area contributed by atoms with Gasteiger partial charge in [-0.3, -0.25) is 0 Å². The molecule has 1 aromatic carbocycles. The maximum atomic E-state index is 12.7. The van der Waals surface area contributed by atoms with Crippen LogP contribution < -0.4 is 10.5 Å². The molecular weight excluding hydrogens is 243 g/mol. The van der Waals surface area contributed by atoms with E-state index in [1.54, 1.807) is 12.1 Å². The van der Waals surface area contributed by atoms with Crippen LogP contribution in [0.2, 0.25) is 0 Å². The summed E-state index contributed by atoms with van der Waals surface area (Å²) in [5.41, 5.74) is 5.91. The number of halogens is 1. The van der Waals surface area contributed by atoms with E-state index in [-0.39, 0.29) is 5.82 Å². The third-order valence-electron chi connectivity index (χ3n) is 3.89. The van der Waals surface area contributed by atoms with Crippen LogP contribution in [0, 0.1) is 5.82 Å². The molecule has 0 amide bonds. The molecule has 0 heterocycles. The van der Waals surface area contributed by atoms with Crippen molar-refractivity contribution in [3.63, 3.8) is 0 Å². The zero-order valence-corrected chi connectivity index (χ0v) is 11.5. The standard InChI is InChI=1S/C15H23FN2O/c1-18(14-6-4-13(17)5-7-14)10-11-19-15-8-2-12(16)3-9-15/h2-3,8-9,13-14H,4-7,10-11,17H2,1H3. The third-order valence-corrected chi connectivity index (χ3v) is 3.89. The van der Waals surface area contributed by atoms with E-state index in [0.717, 1.165) is 25.1 Å². The maximum absolute atomic E-state index is 12.7. The Hall–Kier alpha value is -1.13. The summed E-state index contributed by atoms with van der Waals surface area (Å²) in [4.78, 5) is 2.34. The minimum atomic E-state index is -0.233. The van der Waals surface area contributed by atoms with Gasteiger partial charge in [0.05, 0.1) is 0 Å². The molecule has 0 radical (unpaired) electrons. The fourth-order valence-corrected chi connectivity index (χ4v) is 2.56. The van der Waals surface area contributed by atoms with Crippen molar-refractivity contribution >= 4 is 0 Å². The van der Waals surface area contributed by atoms with Crippen LogP contribution in [-0.4, -0.2) is 37.2 Å². The van der Waals surface area contributed by atoms with Gasteiger partial charge in [-0.1, -0.05) is 0 Å². The fraction of sp³-hybridized carbons (Fsp3) is 0.600. The molecule has 1 aliphatic carbocycles. The van der Waals surface area contributed by atoms with Gasteiger partial charge in [0.15, 0.2) is 0 Å². The van der Waals surface area contributed by atoms with Crippen LogP contribution in [-0.2, 0) is 0 Å². The Morgan fingerprint density at radius 2 is 1.84 bits per heavy atom. The summed E-state index contributed by atoms with van der Waals surface area (Å²) in [6.07, 6.45) is 4.59. The molecule has 2 rings (SSSR count). The van der Waals surface area contributed by atoms with E-state index in [0.29, 0.717) is 18.7 Å². The van der Waals surface area contributed by atoms with E-state index < -0.39 is 0 Å². The molecule has 0 spiro atoms. The predicted molar refractivity (Wildman–Crippen MR) is 74.8 cm³/mol. The highest BCUT2D eigenvalue weighted by Gasteiger charge is 2.21. The van der Waals surface area contributed by atoms with Crippen LogP contribution in [0.4, 0.5) is 4.39 Å². The van der Waals surface area contributed by atoms with E-state index in [2.05, 4.69) is 11.9 Å². The van der Waals surface area contributed by atoms with Crippen LogP contribution in [0.1, 0.15) is 25.7 Å². The summed E-state index contributed by atoms with van der Waals surface area (Å²) < 4.78 is 18.3. The Balaban J connectivity index is 1.69. The van der Waals surface area contributed by atoms with Crippen LogP contribution in [0.3, 0.4) is 0 Å².